The zero-order chi connectivity index (χ0) is 16.0. The summed E-state index contributed by atoms with van der Waals surface area (Å²) in [5.74, 6) is -1.12. The summed E-state index contributed by atoms with van der Waals surface area (Å²) in [7, 11) is 0. The molecule has 22 heavy (non-hydrogen) atoms. The lowest BCUT2D eigenvalue weighted by molar-refractivity contribution is -0.127. The smallest absolute Gasteiger partial charge is 0.239 e. The van der Waals surface area contributed by atoms with Crippen molar-refractivity contribution in [1.82, 2.24) is 10.6 Å². The van der Waals surface area contributed by atoms with Crippen molar-refractivity contribution in [3.63, 3.8) is 0 Å². The number of carbonyl (C=O) groups is 2. The molecule has 0 fully saturated rings. The molecule has 0 saturated carbocycles. The lowest BCUT2D eigenvalue weighted by atomic mass is 10.1. The van der Waals surface area contributed by atoms with Crippen LogP contribution in [-0.2, 0) is 16.1 Å². The van der Waals surface area contributed by atoms with E-state index in [9.17, 15) is 14.0 Å². The maximum atomic E-state index is 13.3. The molecule has 0 saturated heterocycles. The summed E-state index contributed by atoms with van der Waals surface area (Å²) < 4.78 is 13.7. The molecule has 1 aromatic rings. The van der Waals surface area contributed by atoms with Crippen LogP contribution in [0.1, 0.15) is 19.4 Å². The van der Waals surface area contributed by atoms with Gasteiger partial charge in [0.05, 0.1) is 17.1 Å². The van der Waals surface area contributed by atoms with Crippen LogP contribution in [0.4, 0.5) is 4.39 Å². The first-order valence-electron chi connectivity index (χ1n) is 6.55. The van der Waals surface area contributed by atoms with Gasteiger partial charge in [-0.15, -0.1) is 12.4 Å². The minimum Gasteiger partial charge on any atom is -0.350 e. The maximum Gasteiger partial charge on any atom is 0.239 e. The van der Waals surface area contributed by atoms with Gasteiger partial charge in [-0.05, 0) is 39.5 Å². The van der Waals surface area contributed by atoms with E-state index in [2.05, 4.69) is 26.6 Å². The molecule has 1 atom stereocenters. The molecule has 1 rings (SSSR count). The predicted molar refractivity (Wildman–Crippen MR) is 89.0 cm³/mol. The molecule has 0 aromatic heterocycles. The Kier molecular flexibility index (Phi) is 9.24. The van der Waals surface area contributed by atoms with E-state index in [-0.39, 0.29) is 43.2 Å². The minimum absolute atomic E-state index is 0. The molecule has 0 aliphatic carbocycles. The standard InChI is InChI=1S/C14H19BrFN3O2.ClH/c1-8(2)13(17)14(21)19-7-12(20)18-6-9-3-4-10(15)11(16)5-9;/h3-5,8,13H,6-7,17H2,1-2H3,(H,18,20)(H,19,21);1H/t13-;/m0./s1. The monoisotopic (exact) mass is 395 g/mol. The van der Waals surface area contributed by atoms with Crippen LogP contribution in [0.5, 0.6) is 0 Å². The van der Waals surface area contributed by atoms with Crippen molar-refractivity contribution in [2.45, 2.75) is 26.4 Å². The van der Waals surface area contributed by atoms with E-state index in [0.29, 0.717) is 10.0 Å². The van der Waals surface area contributed by atoms with Gasteiger partial charge in [-0.1, -0.05) is 19.9 Å². The van der Waals surface area contributed by atoms with Gasteiger partial charge in [-0.3, -0.25) is 9.59 Å². The summed E-state index contributed by atoms with van der Waals surface area (Å²) >= 11 is 3.05. The topological polar surface area (TPSA) is 84.2 Å². The Morgan fingerprint density at radius 1 is 1.32 bits per heavy atom. The molecule has 0 aliphatic rings. The van der Waals surface area contributed by atoms with Crippen molar-refractivity contribution in [2.75, 3.05) is 6.54 Å². The number of rotatable bonds is 6. The van der Waals surface area contributed by atoms with Crippen LogP contribution in [0.2, 0.25) is 0 Å². The van der Waals surface area contributed by atoms with Gasteiger partial charge in [0.1, 0.15) is 5.82 Å². The molecule has 0 unspecified atom stereocenters. The van der Waals surface area contributed by atoms with Crippen molar-refractivity contribution < 1.29 is 14.0 Å². The second-order valence-electron chi connectivity index (χ2n) is 5.01. The molecule has 0 radical (unpaired) electrons. The maximum absolute atomic E-state index is 13.3. The van der Waals surface area contributed by atoms with Crippen LogP contribution in [0.25, 0.3) is 0 Å². The van der Waals surface area contributed by atoms with Crippen LogP contribution in [-0.4, -0.2) is 24.4 Å². The van der Waals surface area contributed by atoms with Crippen molar-refractivity contribution in [1.29, 1.82) is 0 Å². The quantitative estimate of drug-likeness (QED) is 0.684. The fraction of sp³-hybridized carbons (Fsp3) is 0.429. The number of halogens is 3. The Labute approximate surface area is 143 Å². The summed E-state index contributed by atoms with van der Waals surface area (Å²) in [4.78, 5) is 23.2. The average Bonchev–Trinajstić information content (AvgIpc) is 2.44. The van der Waals surface area contributed by atoms with Gasteiger partial charge in [0.15, 0.2) is 0 Å². The molecule has 5 nitrogen and oxygen atoms in total. The highest BCUT2D eigenvalue weighted by atomic mass is 79.9. The van der Waals surface area contributed by atoms with E-state index in [1.807, 2.05) is 13.8 Å². The summed E-state index contributed by atoms with van der Waals surface area (Å²) in [6.45, 7) is 3.69. The van der Waals surface area contributed by atoms with Gasteiger partial charge in [-0.2, -0.15) is 0 Å². The lowest BCUT2D eigenvalue weighted by Crippen LogP contribution is -2.47. The Bertz CT molecular complexity index is 529. The van der Waals surface area contributed by atoms with Crippen LogP contribution in [0.3, 0.4) is 0 Å². The van der Waals surface area contributed by atoms with Crippen molar-refractivity contribution >= 4 is 40.2 Å². The first-order valence-corrected chi connectivity index (χ1v) is 7.34. The normalized spacial score (nSPS) is 11.5. The van der Waals surface area contributed by atoms with Gasteiger partial charge in [0, 0.05) is 6.54 Å². The molecular weight excluding hydrogens is 377 g/mol. The fourth-order valence-corrected chi connectivity index (χ4v) is 1.75. The summed E-state index contributed by atoms with van der Waals surface area (Å²) in [5.41, 5.74) is 6.29. The first kappa shape index (κ1) is 20.8. The Balaban J connectivity index is 0.00000441. The largest absolute Gasteiger partial charge is 0.350 e. The second-order valence-corrected chi connectivity index (χ2v) is 5.87. The molecule has 0 heterocycles. The van der Waals surface area contributed by atoms with Gasteiger partial charge >= 0.3 is 0 Å². The third-order valence-electron chi connectivity index (χ3n) is 2.92. The van der Waals surface area contributed by atoms with Crippen LogP contribution < -0.4 is 16.4 Å². The zero-order valence-electron chi connectivity index (χ0n) is 12.4. The van der Waals surface area contributed by atoms with Gasteiger partial charge in [-0.25, -0.2) is 4.39 Å². The molecule has 8 heteroatoms. The highest BCUT2D eigenvalue weighted by molar-refractivity contribution is 9.10. The van der Waals surface area contributed by atoms with Crippen LogP contribution in [0, 0.1) is 11.7 Å². The summed E-state index contributed by atoms with van der Waals surface area (Å²) in [5, 5.41) is 5.06. The third kappa shape index (κ3) is 6.72. The predicted octanol–water partition coefficient (Wildman–Crippen LogP) is 1.73. The van der Waals surface area contributed by atoms with E-state index >= 15 is 0 Å². The van der Waals surface area contributed by atoms with Gasteiger partial charge in [0.25, 0.3) is 0 Å². The average molecular weight is 397 g/mol. The fourth-order valence-electron chi connectivity index (χ4n) is 1.50. The van der Waals surface area contributed by atoms with E-state index in [1.165, 1.54) is 6.07 Å². The number of amides is 2. The van der Waals surface area contributed by atoms with Gasteiger partial charge in [0.2, 0.25) is 11.8 Å². The Morgan fingerprint density at radius 3 is 2.50 bits per heavy atom. The highest BCUT2D eigenvalue weighted by Crippen LogP contribution is 2.16. The molecule has 1 aromatic carbocycles. The van der Waals surface area contributed by atoms with E-state index in [4.69, 9.17) is 5.73 Å². The van der Waals surface area contributed by atoms with Crippen molar-refractivity contribution in [2.24, 2.45) is 11.7 Å². The molecule has 2 amide bonds. The van der Waals surface area contributed by atoms with Gasteiger partial charge < -0.3 is 16.4 Å². The van der Waals surface area contributed by atoms with E-state index in [1.54, 1.807) is 12.1 Å². The number of nitrogens with one attached hydrogen (secondary N) is 2. The highest BCUT2D eigenvalue weighted by Gasteiger charge is 2.17. The summed E-state index contributed by atoms with van der Waals surface area (Å²) in [6.07, 6.45) is 0. The van der Waals surface area contributed by atoms with E-state index < -0.39 is 11.9 Å². The Hall–Kier alpha value is -1.18. The molecule has 124 valence electrons. The second kappa shape index (κ2) is 9.76. The minimum atomic E-state index is -0.640. The summed E-state index contributed by atoms with van der Waals surface area (Å²) in [6, 6.07) is 3.96. The third-order valence-corrected chi connectivity index (χ3v) is 3.56. The number of nitrogens with two attached hydrogens (primary N) is 1. The molecule has 0 spiro atoms. The molecule has 4 N–H and O–H groups in total. The first-order chi connectivity index (χ1) is 9.81. The number of carbonyl (C=O) groups excluding carboxylic acids is 2. The zero-order valence-corrected chi connectivity index (χ0v) is 14.8. The van der Waals surface area contributed by atoms with Crippen LogP contribution >= 0.6 is 28.3 Å². The van der Waals surface area contributed by atoms with E-state index in [0.717, 1.165) is 0 Å². The Morgan fingerprint density at radius 2 is 1.95 bits per heavy atom. The number of hydrogen-bond acceptors (Lipinski definition) is 3. The lowest BCUT2D eigenvalue weighted by Gasteiger charge is -2.15. The molecule has 0 aliphatic heterocycles. The number of benzene rings is 1. The van der Waals surface area contributed by atoms with Crippen LogP contribution in [0.15, 0.2) is 22.7 Å². The molecular formula is C14H20BrClFN3O2. The molecule has 0 bridgehead atoms. The SMILES string of the molecule is CC(C)[C@H](N)C(=O)NCC(=O)NCc1ccc(Br)c(F)c1.Cl. The number of hydrogen-bond donors (Lipinski definition) is 3. The van der Waals surface area contributed by atoms with Crippen molar-refractivity contribution in [3.8, 4) is 0 Å². The van der Waals surface area contributed by atoms with Crippen molar-refractivity contribution in [3.05, 3.63) is 34.1 Å².